The lowest BCUT2D eigenvalue weighted by Crippen LogP contribution is -2.54. The number of nitriles is 1. The molecular formula is C18H26N4O2. The third-order valence-corrected chi connectivity index (χ3v) is 4.46. The average Bonchev–Trinajstić information content (AvgIpc) is 2.59. The first-order valence-electron chi connectivity index (χ1n) is 8.25. The van der Waals surface area contributed by atoms with Crippen LogP contribution < -0.4 is 5.32 Å². The molecule has 0 aliphatic carbocycles. The second-order valence-corrected chi connectivity index (χ2v) is 6.89. The number of piperidine rings is 1. The highest BCUT2D eigenvalue weighted by molar-refractivity contribution is 5.74. The summed E-state index contributed by atoms with van der Waals surface area (Å²) in [5.74, 6) is 0. The molecule has 0 bridgehead atoms. The predicted octanol–water partition coefficient (Wildman–Crippen LogP) is 1.40. The van der Waals surface area contributed by atoms with Crippen molar-refractivity contribution in [2.75, 3.05) is 40.3 Å². The molecule has 1 saturated heterocycles. The van der Waals surface area contributed by atoms with Crippen LogP contribution in [-0.4, -0.2) is 61.3 Å². The zero-order chi connectivity index (χ0) is 17.6. The first-order chi connectivity index (χ1) is 11.5. The van der Waals surface area contributed by atoms with E-state index < -0.39 is 0 Å². The highest BCUT2D eigenvalue weighted by atomic mass is 16.3. The van der Waals surface area contributed by atoms with Crippen LogP contribution in [0.2, 0.25) is 0 Å². The van der Waals surface area contributed by atoms with Gasteiger partial charge < -0.3 is 20.2 Å². The number of urea groups is 1. The molecular weight excluding hydrogens is 304 g/mol. The number of nitrogens with zero attached hydrogens (tertiary/aromatic N) is 3. The maximum Gasteiger partial charge on any atom is 0.317 e. The molecule has 1 aromatic rings. The maximum absolute atomic E-state index is 12.5. The third-order valence-electron chi connectivity index (χ3n) is 4.46. The standard InChI is InChI=1S/C18H26N4O2/c1-21(2)12-18(14-23)8-3-9-22(13-18)17(24)20-11-16-6-4-15(10-19)5-7-16/h4-7,23H,3,8-9,11-14H2,1-2H3,(H,20,24). The smallest absolute Gasteiger partial charge is 0.317 e. The molecule has 0 radical (unpaired) electrons. The average molecular weight is 330 g/mol. The molecule has 6 heteroatoms. The Kier molecular flexibility index (Phi) is 6.18. The van der Waals surface area contributed by atoms with Gasteiger partial charge in [-0.05, 0) is 44.6 Å². The largest absolute Gasteiger partial charge is 0.396 e. The van der Waals surface area contributed by atoms with E-state index in [-0.39, 0.29) is 18.1 Å². The first kappa shape index (κ1) is 18.2. The van der Waals surface area contributed by atoms with Crippen LogP contribution in [0.15, 0.2) is 24.3 Å². The quantitative estimate of drug-likeness (QED) is 0.855. The Hall–Kier alpha value is -2.10. The summed E-state index contributed by atoms with van der Waals surface area (Å²) >= 11 is 0. The number of rotatable bonds is 5. The van der Waals surface area contributed by atoms with E-state index in [4.69, 9.17) is 5.26 Å². The molecule has 0 aromatic heterocycles. The lowest BCUT2D eigenvalue weighted by Gasteiger charge is -2.43. The fourth-order valence-corrected chi connectivity index (χ4v) is 3.35. The Morgan fingerprint density at radius 2 is 2.12 bits per heavy atom. The number of carbonyl (C=O) groups is 1. The van der Waals surface area contributed by atoms with Gasteiger partial charge in [-0.3, -0.25) is 0 Å². The van der Waals surface area contributed by atoms with Crippen LogP contribution in [0.25, 0.3) is 0 Å². The Bertz CT molecular complexity index is 594. The molecule has 1 aliphatic rings. The molecule has 0 saturated carbocycles. The SMILES string of the molecule is CN(C)CC1(CO)CCCN(C(=O)NCc2ccc(C#N)cc2)C1. The molecule has 1 aromatic carbocycles. The Morgan fingerprint density at radius 3 is 2.71 bits per heavy atom. The van der Waals surface area contributed by atoms with E-state index in [0.29, 0.717) is 25.2 Å². The normalized spacial score (nSPS) is 20.7. The third kappa shape index (κ3) is 4.70. The van der Waals surface area contributed by atoms with Crippen molar-refractivity contribution in [2.24, 2.45) is 5.41 Å². The number of hydrogen-bond acceptors (Lipinski definition) is 4. The van der Waals surface area contributed by atoms with E-state index in [1.165, 1.54) is 0 Å². The summed E-state index contributed by atoms with van der Waals surface area (Å²) in [4.78, 5) is 16.3. The lowest BCUT2D eigenvalue weighted by molar-refractivity contribution is 0.0271. The summed E-state index contributed by atoms with van der Waals surface area (Å²) in [6, 6.07) is 9.16. The van der Waals surface area contributed by atoms with Gasteiger partial charge in [-0.1, -0.05) is 12.1 Å². The summed E-state index contributed by atoms with van der Waals surface area (Å²) < 4.78 is 0. The van der Waals surface area contributed by atoms with Gasteiger partial charge in [0.1, 0.15) is 0 Å². The zero-order valence-corrected chi connectivity index (χ0v) is 14.5. The van der Waals surface area contributed by atoms with Gasteiger partial charge in [0, 0.05) is 31.6 Å². The van der Waals surface area contributed by atoms with E-state index in [2.05, 4.69) is 16.3 Å². The van der Waals surface area contributed by atoms with Crippen LogP contribution in [0.3, 0.4) is 0 Å². The highest BCUT2D eigenvalue weighted by Crippen LogP contribution is 2.30. The van der Waals surface area contributed by atoms with Gasteiger partial charge in [0.15, 0.2) is 0 Å². The minimum absolute atomic E-state index is 0.0879. The molecule has 0 spiro atoms. The van der Waals surface area contributed by atoms with Gasteiger partial charge >= 0.3 is 6.03 Å². The van der Waals surface area contributed by atoms with Crippen molar-refractivity contribution >= 4 is 6.03 Å². The maximum atomic E-state index is 12.5. The fourth-order valence-electron chi connectivity index (χ4n) is 3.35. The van der Waals surface area contributed by atoms with Crippen molar-refractivity contribution in [3.8, 4) is 6.07 Å². The minimum atomic E-state index is -0.243. The molecule has 1 atom stereocenters. The monoisotopic (exact) mass is 330 g/mol. The molecule has 2 amide bonds. The number of nitrogens with one attached hydrogen (secondary N) is 1. The van der Waals surface area contributed by atoms with E-state index in [1.54, 1.807) is 17.0 Å². The van der Waals surface area contributed by atoms with Crippen molar-refractivity contribution in [2.45, 2.75) is 19.4 Å². The Labute approximate surface area is 143 Å². The van der Waals surface area contributed by atoms with Gasteiger partial charge in [0.2, 0.25) is 0 Å². The number of benzene rings is 1. The molecule has 1 aliphatic heterocycles. The minimum Gasteiger partial charge on any atom is -0.396 e. The lowest BCUT2D eigenvalue weighted by atomic mass is 9.80. The molecule has 1 unspecified atom stereocenters. The number of aliphatic hydroxyl groups excluding tert-OH is 1. The van der Waals surface area contributed by atoms with Gasteiger partial charge in [0.25, 0.3) is 0 Å². The van der Waals surface area contributed by atoms with Crippen LogP contribution in [0, 0.1) is 16.7 Å². The number of likely N-dealkylation sites (tertiary alicyclic amines) is 1. The van der Waals surface area contributed by atoms with Crippen molar-refractivity contribution in [3.05, 3.63) is 35.4 Å². The van der Waals surface area contributed by atoms with Crippen molar-refractivity contribution in [1.82, 2.24) is 15.1 Å². The van der Waals surface area contributed by atoms with Gasteiger partial charge in [-0.25, -0.2) is 4.79 Å². The van der Waals surface area contributed by atoms with Crippen molar-refractivity contribution < 1.29 is 9.90 Å². The van der Waals surface area contributed by atoms with Crippen LogP contribution in [0.5, 0.6) is 0 Å². The predicted molar refractivity (Wildman–Crippen MR) is 92.3 cm³/mol. The first-order valence-corrected chi connectivity index (χ1v) is 8.25. The molecule has 1 fully saturated rings. The van der Waals surface area contributed by atoms with Crippen LogP contribution in [0.1, 0.15) is 24.0 Å². The van der Waals surface area contributed by atoms with E-state index in [0.717, 1.165) is 24.9 Å². The number of amides is 2. The van der Waals surface area contributed by atoms with Crippen molar-refractivity contribution in [1.29, 1.82) is 5.26 Å². The van der Waals surface area contributed by atoms with Crippen LogP contribution >= 0.6 is 0 Å². The number of hydrogen-bond donors (Lipinski definition) is 2. The van der Waals surface area contributed by atoms with E-state index >= 15 is 0 Å². The Balaban J connectivity index is 1.92. The zero-order valence-electron chi connectivity index (χ0n) is 14.5. The van der Waals surface area contributed by atoms with E-state index in [9.17, 15) is 9.90 Å². The second-order valence-electron chi connectivity index (χ2n) is 6.89. The molecule has 2 rings (SSSR count). The topological polar surface area (TPSA) is 79.6 Å². The fraction of sp³-hybridized carbons (Fsp3) is 0.556. The van der Waals surface area contributed by atoms with Crippen LogP contribution in [-0.2, 0) is 6.54 Å². The van der Waals surface area contributed by atoms with Crippen molar-refractivity contribution in [3.63, 3.8) is 0 Å². The molecule has 2 N–H and O–H groups in total. The summed E-state index contributed by atoms with van der Waals surface area (Å²) in [5, 5.41) is 21.6. The van der Waals surface area contributed by atoms with Gasteiger partial charge in [-0.15, -0.1) is 0 Å². The van der Waals surface area contributed by atoms with Gasteiger partial charge in [-0.2, -0.15) is 5.26 Å². The molecule has 1 heterocycles. The molecule has 6 nitrogen and oxygen atoms in total. The number of carbonyl (C=O) groups excluding carboxylic acids is 1. The summed E-state index contributed by atoms with van der Waals surface area (Å²) in [7, 11) is 3.97. The summed E-state index contributed by atoms with van der Waals surface area (Å²) in [6.07, 6.45) is 1.83. The van der Waals surface area contributed by atoms with Crippen LogP contribution in [0.4, 0.5) is 4.79 Å². The molecule has 130 valence electrons. The molecule has 24 heavy (non-hydrogen) atoms. The second kappa shape index (κ2) is 8.13. The summed E-state index contributed by atoms with van der Waals surface area (Å²) in [5.41, 5.74) is 1.33. The van der Waals surface area contributed by atoms with E-state index in [1.807, 2.05) is 26.2 Å². The Morgan fingerprint density at radius 1 is 1.42 bits per heavy atom. The van der Waals surface area contributed by atoms with Gasteiger partial charge in [0.05, 0.1) is 18.2 Å². The highest BCUT2D eigenvalue weighted by Gasteiger charge is 2.37. The number of aliphatic hydroxyl groups is 1. The summed E-state index contributed by atoms with van der Waals surface area (Å²) in [6.45, 7) is 2.57.